The molecule has 0 saturated carbocycles. The van der Waals surface area contributed by atoms with Crippen LogP contribution in [0.2, 0.25) is 0 Å². The molecule has 0 aromatic carbocycles. The van der Waals surface area contributed by atoms with E-state index in [1.807, 2.05) is 0 Å². The highest BCUT2D eigenvalue weighted by Gasteiger charge is 2.52. The van der Waals surface area contributed by atoms with Gasteiger partial charge in [0.15, 0.2) is 35.4 Å². The van der Waals surface area contributed by atoms with Gasteiger partial charge in [0.05, 0.1) is 25.9 Å². The van der Waals surface area contributed by atoms with Crippen molar-refractivity contribution >= 4 is 88.7 Å². The van der Waals surface area contributed by atoms with Crippen LogP contribution in [-0.2, 0) is 76.3 Å². The number of aliphatic hydroxyl groups excluding tert-OH is 4. The van der Waals surface area contributed by atoms with Crippen LogP contribution >= 0.6 is 54.8 Å². The number of nitrogens with two attached hydrogens (primary N) is 2. The summed E-state index contributed by atoms with van der Waals surface area (Å²) < 4.78 is 130. The quantitative estimate of drug-likeness (QED) is 0.0422. The molecule has 4 aromatic rings. The van der Waals surface area contributed by atoms with Crippen LogP contribution in [0.5, 0.6) is 0 Å². The first kappa shape index (κ1) is 51.9. The second-order valence-electron chi connectivity index (χ2n) is 12.6. The zero-order chi connectivity index (χ0) is 48.3. The maximum absolute atomic E-state index is 12.4. The highest BCUT2D eigenvalue weighted by atomic mass is 31.3. The van der Waals surface area contributed by atoms with E-state index < -0.39 is 117 Å². The van der Waals surface area contributed by atoms with Crippen LogP contribution < -0.4 is 11.5 Å². The van der Waals surface area contributed by atoms with E-state index in [1.54, 1.807) is 0 Å². The number of hydrogen-bond donors (Lipinski definition) is 13. The first-order valence-corrected chi connectivity index (χ1v) is 27.0. The van der Waals surface area contributed by atoms with Crippen LogP contribution in [-0.4, -0.2) is 144 Å². The van der Waals surface area contributed by atoms with E-state index in [4.69, 9.17) is 20.9 Å². The molecule has 0 amide bonds. The van der Waals surface area contributed by atoms with Crippen molar-refractivity contribution in [2.24, 2.45) is 0 Å². The first-order valence-electron chi connectivity index (χ1n) is 16.6. The van der Waals surface area contributed by atoms with Crippen LogP contribution in [0.3, 0.4) is 0 Å². The molecular weight excluding hydrogens is 1050 g/mol. The summed E-state index contributed by atoms with van der Waals surface area (Å²) in [6.07, 6.45) is -9.70. The predicted molar refractivity (Wildman–Crippen MR) is 199 cm³/mol. The molecule has 2 saturated heterocycles. The Kier molecular flexibility index (Phi) is 15.0. The minimum Gasteiger partial charge on any atom is -0.387 e. The van der Waals surface area contributed by atoms with E-state index >= 15 is 0 Å². The average molecular weight is 1080 g/mol. The number of ether oxygens (including phenoxy) is 2. The predicted octanol–water partition coefficient (Wildman–Crippen LogP) is -2.10. The standard InChI is InChI=1S/C20H31N10O28P7/c21-15-9-17(25-3-23-15)29(5-27-9)19-13(33)11(31)7(51-19)1-49-59(35,36)53-61(39,40)55-63(43,44)57-65(47,48)58-64(45,46)56-62(41,42)54-60(37,38)50-2-8-12(32)14(34)20(52-8)30-6-28-10-16(22)24-4-26-18(10)30/h3-8,11-14,19-20,31-34H,1-2H2,(H,35,36)(H,37,38)(H,39,40)(H,41,42)(H,43,44)(H,45,46)(H,47,48)(H2,21,23,25)(H2,22,24,26)/t7-,8-,11-,12-,13-,14-,19-,20-/m1/s1. The van der Waals surface area contributed by atoms with E-state index in [9.17, 15) is 86.6 Å². The van der Waals surface area contributed by atoms with Gasteiger partial charge in [-0.25, -0.2) is 61.9 Å². The van der Waals surface area contributed by atoms with E-state index in [0.717, 1.165) is 34.4 Å². The zero-order valence-corrected chi connectivity index (χ0v) is 37.3. The summed E-state index contributed by atoms with van der Waals surface area (Å²) >= 11 is 0. The van der Waals surface area contributed by atoms with Crippen LogP contribution in [0.25, 0.3) is 22.3 Å². The molecule has 0 aliphatic carbocycles. The van der Waals surface area contributed by atoms with Gasteiger partial charge in [-0.1, -0.05) is 0 Å². The van der Waals surface area contributed by atoms with E-state index in [0.29, 0.717) is 0 Å². The minimum absolute atomic E-state index is 0.00606. The summed E-state index contributed by atoms with van der Waals surface area (Å²) in [6.45, 7) is -2.50. The van der Waals surface area contributed by atoms with Crippen molar-refractivity contribution in [3.63, 3.8) is 0 Å². The maximum Gasteiger partial charge on any atom is 0.490 e. The van der Waals surface area contributed by atoms with Gasteiger partial charge >= 0.3 is 54.8 Å². The Hall–Kier alpha value is -2.53. The molecule has 38 nitrogen and oxygen atoms in total. The Balaban J connectivity index is 0.983. The van der Waals surface area contributed by atoms with Gasteiger partial charge in [0.1, 0.15) is 60.3 Å². The van der Waals surface area contributed by atoms with E-state index in [2.05, 4.69) is 64.8 Å². The van der Waals surface area contributed by atoms with Gasteiger partial charge in [0.2, 0.25) is 0 Å². The van der Waals surface area contributed by atoms with E-state index in [-0.39, 0.29) is 34.0 Å². The fraction of sp³-hybridized carbons (Fsp3) is 0.500. The molecule has 45 heteroatoms. The monoisotopic (exact) mass is 1080 g/mol. The van der Waals surface area contributed by atoms with Crippen molar-refractivity contribution in [2.45, 2.75) is 49.1 Å². The van der Waals surface area contributed by atoms with Crippen LogP contribution in [0.15, 0.2) is 25.3 Å². The molecule has 2 aliphatic rings. The lowest BCUT2D eigenvalue weighted by Gasteiger charge is -2.22. The van der Waals surface area contributed by atoms with Crippen molar-refractivity contribution in [3.8, 4) is 0 Å². The molecule has 6 unspecified atom stereocenters. The minimum atomic E-state index is -6.74. The molecule has 65 heavy (non-hydrogen) atoms. The normalized spacial score (nSPS) is 30.4. The molecule has 0 bridgehead atoms. The van der Waals surface area contributed by atoms with Gasteiger partial charge < -0.3 is 75.6 Å². The summed E-state index contributed by atoms with van der Waals surface area (Å²) in [5.74, 6) is -0.151. The Morgan fingerprint density at radius 2 is 0.769 bits per heavy atom. The number of aromatic nitrogens is 8. The van der Waals surface area contributed by atoms with Crippen molar-refractivity contribution in [2.75, 3.05) is 24.7 Å². The number of phosphoric ester groups is 2. The number of anilines is 2. The third-order valence-corrected chi connectivity index (χ3v) is 18.9. The van der Waals surface area contributed by atoms with Crippen LogP contribution in [0.1, 0.15) is 12.5 Å². The third kappa shape index (κ3) is 12.6. The van der Waals surface area contributed by atoms with Crippen LogP contribution in [0, 0.1) is 0 Å². The number of imidazole rings is 2. The summed E-state index contributed by atoms with van der Waals surface area (Å²) in [6, 6.07) is 0. The summed E-state index contributed by atoms with van der Waals surface area (Å²) in [5, 5.41) is 41.8. The van der Waals surface area contributed by atoms with Gasteiger partial charge in [0.25, 0.3) is 0 Å². The number of aliphatic hydroxyl groups is 4. The Labute approximate surface area is 357 Å². The molecule has 0 radical (unpaired) electrons. The lowest BCUT2D eigenvalue weighted by Crippen LogP contribution is -2.33. The fourth-order valence-corrected chi connectivity index (χ4v) is 14.8. The maximum atomic E-state index is 12.4. The number of rotatable bonds is 20. The van der Waals surface area contributed by atoms with Gasteiger partial charge in [-0.3, -0.25) is 18.2 Å². The Bertz CT molecular complexity index is 2600. The number of nitrogen functional groups attached to an aromatic ring is 2. The number of phosphoric acid groups is 7. The highest BCUT2D eigenvalue weighted by molar-refractivity contribution is 7.73. The molecule has 364 valence electrons. The lowest BCUT2D eigenvalue weighted by atomic mass is 10.1. The summed E-state index contributed by atoms with van der Waals surface area (Å²) in [4.78, 5) is 91.8. The topological polar surface area (TPSA) is 574 Å². The largest absolute Gasteiger partial charge is 0.490 e. The Morgan fingerprint density at radius 1 is 0.477 bits per heavy atom. The molecule has 2 fully saturated rings. The smallest absolute Gasteiger partial charge is 0.387 e. The number of fused-ring (bicyclic) bond motifs is 2. The van der Waals surface area contributed by atoms with Gasteiger partial charge in [-0.05, 0) is 0 Å². The summed E-state index contributed by atoms with van der Waals surface area (Å²) in [7, 11) is -45.1. The highest BCUT2D eigenvalue weighted by Crippen LogP contribution is 2.76. The molecule has 6 heterocycles. The molecule has 14 atom stereocenters. The third-order valence-electron chi connectivity index (χ3n) is 8.04. The molecule has 15 N–H and O–H groups in total. The van der Waals surface area contributed by atoms with Crippen molar-refractivity contribution in [1.29, 1.82) is 0 Å². The molecular formula is C20H31N10O28P7. The van der Waals surface area contributed by atoms with Gasteiger partial charge in [-0.2, -0.15) is 25.9 Å². The fourth-order valence-electron chi connectivity index (χ4n) is 5.55. The average Bonchev–Trinajstić information content (AvgIpc) is 3.89. The van der Waals surface area contributed by atoms with E-state index in [1.165, 1.54) is 0 Å². The van der Waals surface area contributed by atoms with Crippen molar-refractivity contribution < 1.29 is 131 Å². The molecule has 0 spiro atoms. The van der Waals surface area contributed by atoms with Crippen molar-refractivity contribution in [3.05, 3.63) is 25.3 Å². The molecule has 6 rings (SSSR count). The van der Waals surface area contributed by atoms with Gasteiger partial charge in [0, 0.05) is 0 Å². The second-order valence-corrected chi connectivity index (χ2v) is 23.6. The Morgan fingerprint density at radius 3 is 1.08 bits per heavy atom. The summed E-state index contributed by atoms with van der Waals surface area (Å²) in [5.41, 5.74) is 11.5. The number of hydrogen-bond acceptors (Lipinski definition) is 29. The lowest BCUT2D eigenvalue weighted by molar-refractivity contribution is -0.0503. The zero-order valence-electron chi connectivity index (χ0n) is 31.1. The second kappa shape index (κ2) is 18.8. The number of nitrogens with zero attached hydrogens (tertiary/aromatic N) is 8. The molecule has 4 aromatic heterocycles. The first-order chi connectivity index (χ1) is 29.8. The van der Waals surface area contributed by atoms with Crippen LogP contribution in [0.4, 0.5) is 11.6 Å². The van der Waals surface area contributed by atoms with Gasteiger partial charge in [-0.15, -0.1) is 0 Å². The van der Waals surface area contributed by atoms with Crippen molar-refractivity contribution in [1.82, 2.24) is 39.0 Å². The molecule has 2 aliphatic heterocycles. The SMILES string of the molecule is Nc1ncnc2c1ncn2[C@@H]1O[C@H](COP(=O)(O)OP(=O)(O)OP(=O)(O)OP(=O)(O)OP(=O)(O)OP(=O)(O)OP(=O)(O)OC[C@H]2O[C@@H](n3cnc4c(N)ncnc43)[C@H](O)[C@@H]2O)[C@@H](O)[C@H]1O.